The van der Waals surface area contributed by atoms with Gasteiger partial charge < -0.3 is 9.47 Å². The molecule has 0 fully saturated rings. The summed E-state index contributed by atoms with van der Waals surface area (Å²) in [5, 5.41) is 5.18. The minimum Gasteiger partial charge on any atom is -0.410 e. The fourth-order valence-electron chi connectivity index (χ4n) is 13.4. The van der Waals surface area contributed by atoms with Crippen LogP contribution in [-0.2, 0) is 41.7 Å². The van der Waals surface area contributed by atoms with Crippen molar-refractivity contribution in [2.45, 2.75) is 118 Å². The number of nitrogens with one attached hydrogen (secondary N) is 2. The molecule has 0 saturated carbocycles. The number of carbonyl (C=O) groups is 14. The van der Waals surface area contributed by atoms with E-state index in [1.54, 1.807) is 187 Å². The van der Waals surface area contributed by atoms with E-state index < -0.39 is 12.2 Å². The van der Waals surface area contributed by atoms with Crippen molar-refractivity contribution in [3.63, 3.8) is 0 Å². The second-order valence-corrected chi connectivity index (χ2v) is 34.3. The number of aromatic nitrogens is 1. The first kappa shape index (κ1) is 113. The van der Waals surface area contributed by atoms with Crippen LogP contribution in [-0.4, -0.2) is 86.6 Å². The average molecular weight is 1950 g/mol. The number of ketones is 12. The number of benzene rings is 15. The first-order valence-corrected chi connectivity index (χ1v) is 47.3. The van der Waals surface area contributed by atoms with Crippen LogP contribution in [0, 0.1) is 0 Å². The lowest BCUT2D eigenvalue weighted by atomic mass is 10.0. The lowest BCUT2D eigenvalue weighted by Crippen LogP contribution is -2.16. The zero-order chi connectivity index (χ0) is 105. The van der Waals surface area contributed by atoms with E-state index in [9.17, 15) is 67.1 Å². The lowest BCUT2D eigenvalue weighted by molar-refractivity contribution is -0.117. The molecule has 2 N–H and O–H groups in total. The molecule has 16 rings (SSSR count). The Bertz CT molecular complexity index is 6840. The second-order valence-electron chi connectivity index (χ2n) is 33.1. The first-order chi connectivity index (χ1) is 69.7. The molecule has 0 radical (unpaired) electrons. The summed E-state index contributed by atoms with van der Waals surface area (Å²) in [4.78, 5) is 163. The topological polar surface area (TPSA) is 294 Å². The second kappa shape index (κ2) is 61.1. The standard InChI is InChI=1S/C16H14O2.2C15H13NO3.2C15H14O.C14H12OS.C13H11NO.2C11H12O2/c1-12(17)14-9-7-13(8-10-14)11-16(18)15-5-3-2-4-6-15;1-11(17)12-6-5-9-14(10-12)19-15(18)16-13-7-3-2-4-8-13;1-11(17)12-7-9-13(10-8-12)16-15(18)19-14-5-3-2-4-6-14;1-12(16)15-9-5-8-14(11-15)10-13-6-3-2-4-7-13;1-12(16)15-9-7-14(8-10-15)11-13-5-3-2-4-6-13;1-11(15)12-7-9-14(10-8-12)16-13-5-3-2-4-6-13;1-10(15)11-2-4-12(5-3-11)13-6-8-14-9-7-13;1-8(12)7-10-3-5-11(6-4-10)9(2)13;1-8(12)6-10-4-3-5-11(7-10)9(2)13/h2-10H,11H2,1H3;2*2-10H,1H3,(H,16,18);2-9,11H,10H2,1H3;2-10H,11H2,1H3;2-10H,1H3;2-9H,1H3;3-6H,7H2,1-2H3;3-5,7H,6H2,1-2H3. The van der Waals surface area contributed by atoms with Crippen LogP contribution in [0.15, 0.2) is 435 Å². The molecule has 145 heavy (non-hydrogen) atoms. The Labute approximate surface area is 851 Å². The molecule has 732 valence electrons. The van der Waals surface area contributed by atoms with Gasteiger partial charge in [-0.15, -0.1) is 0 Å². The van der Waals surface area contributed by atoms with Gasteiger partial charge in [0.2, 0.25) is 0 Å². The van der Waals surface area contributed by atoms with Gasteiger partial charge in [-0.3, -0.25) is 73.2 Å². The van der Waals surface area contributed by atoms with Crippen molar-refractivity contribution in [1.82, 2.24) is 4.98 Å². The number of rotatable bonds is 27. The van der Waals surface area contributed by atoms with Gasteiger partial charge >= 0.3 is 12.2 Å². The molecule has 0 unspecified atom stereocenters. The summed E-state index contributed by atoms with van der Waals surface area (Å²) in [6.07, 6.45) is 5.36. The minimum atomic E-state index is -0.591. The van der Waals surface area contributed by atoms with Crippen molar-refractivity contribution < 1.29 is 76.6 Å². The van der Waals surface area contributed by atoms with E-state index >= 15 is 0 Å². The van der Waals surface area contributed by atoms with E-state index in [2.05, 4.69) is 58.1 Å². The van der Waals surface area contributed by atoms with E-state index in [0.29, 0.717) is 75.5 Å². The summed E-state index contributed by atoms with van der Waals surface area (Å²) in [5.74, 6) is 1.61. The smallest absolute Gasteiger partial charge is 0.410 e. The van der Waals surface area contributed by atoms with Crippen molar-refractivity contribution in [3.8, 4) is 22.6 Å². The third kappa shape index (κ3) is 43.3. The van der Waals surface area contributed by atoms with Crippen molar-refractivity contribution in [1.29, 1.82) is 0 Å². The van der Waals surface area contributed by atoms with Crippen LogP contribution in [0.5, 0.6) is 11.5 Å². The monoisotopic (exact) mass is 1950 g/mol. The van der Waals surface area contributed by atoms with Gasteiger partial charge in [0.1, 0.15) is 23.1 Å². The molecule has 0 spiro atoms. The first-order valence-electron chi connectivity index (χ1n) is 46.5. The molecule has 0 aliphatic heterocycles. The van der Waals surface area contributed by atoms with Crippen LogP contribution in [0.3, 0.4) is 0 Å². The number of anilines is 2. The van der Waals surface area contributed by atoms with E-state index in [-0.39, 0.29) is 69.4 Å². The minimum absolute atomic E-state index is 0.0154. The number of carbonyl (C=O) groups excluding carboxylic acids is 14. The van der Waals surface area contributed by atoms with E-state index in [1.165, 1.54) is 67.8 Å². The molecule has 1 aromatic heterocycles. The zero-order valence-electron chi connectivity index (χ0n) is 82.8. The molecule has 0 saturated heterocycles. The maximum Gasteiger partial charge on any atom is 0.417 e. The fourth-order valence-corrected chi connectivity index (χ4v) is 14.3. The molecule has 16 aromatic rings. The number of amides is 2. The quantitative estimate of drug-likeness (QED) is 0.0452. The number of ether oxygens (including phenoxy) is 2. The molecular weight excluding hydrogens is 1830 g/mol. The molecule has 0 aliphatic carbocycles. The predicted molar refractivity (Wildman–Crippen MR) is 576 cm³/mol. The number of hydrogen-bond acceptors (Lipinski definition) is 18. The van der Waals surface area contributed by atoms with Gasteiger partial charge in [0.15, 0.2) is 57.8 Å². The third-order valence-electron chi connectivity index (χ3n) is 21.1. The van der Waals surface area contributed by atoms with Crippen LogP contribution < -0.4 is 20.1 Å². The zero-order valence-corrected chi connectivity index (χ0v) is 83.7. The van der Waals surface area contributed by atoms with Gasteiger partial charge in [0.05, 0.1) is 0 Å². The van der Waals surface area contributed by atoms with E-state index in [1.807, 2.05) is 243 Å². The highest BCUT2D eigenvalue weighted by atomic mass is 32.2. The van der Waals surface area contributed by atoms with Crippen molar-refractivity contribution >= 4 is 105 Å². The van der Waals surface area contributed by atoms with Gasteiger partial charge in [0, 0.05) is 108 Å². The van der Waals surface area contributed by atoms with Crippen molar-refractivity contribution in [3.05, 3.63) is 519 Å². The van der Waals surface area contributed by atoms with Gasteiger partial charge in [-0.25, -0.2) is 9.59 Å². The molecule has 2 amide bonds. The summed E-state index contributed by atoms with van der Waals surface area (Å²) in [5.41, 5.74) is 18.1. The Morgan fingerprint density at radius 2 is 0.497 bits per heavy atom. The van der Waals surface area contributed by atoms with Crippen LogP contribution >= 0.6 is 11.8 Å². The number of para-hydroxylation sites is 2. The van der Waals surface area contributed by atoms with Gasteiger partial charge in [-0.2, -0.15) is 0 Å². The Hall–Kier alpha value is -17.6. The summed E-state index contributed by atoms with van der Waals surface area (Å²) in [6.45, 7) is 17.0. The van der Waals surface area contributed by atoms with Crippen molar-refractivity contribution in [2.24, 2.45) is 0 Å². The molecule has 1 heterocycles. The fraction of sp³-hybridized carbons (Fsp3) is 0.128. The van der Waals surface area contributed by atoms with Crippen molar-refractivity contribution in [2.75, 3.05) is 10.6 Å². The maximum absolute atomic E-state index is 12.0. The average Bonchev–Trinajstić information content (AvgIpc) is 0.877. The maximum atomic E-state index is 12.0. The SMILES string of the molecule is CC(=O)Cc1ccc(C(C)=O)cc1.CC(=O)Cc1cccc(C(C)=O)c1.CC(=O)c1ccc(-c2ccncc2)cc1.CC(=O)c1ccc(CC(=O)c2ccccc2)cc1.CC(=O)c1ccc(Cc2ccccc2)cc1.CC(=O)c1ccc(NC(=O)Oc2ccccc2)cc1.CC(=O)c1ccc(Sc2ccccc2)cc1.CC(=O)c1cccc(Cc2ccccc2)c1.CC(=O)c1cccc(OC(=O)Nc2ccccc2)c1. The molecule has 0 aliphatic rings. The van der Waals surface area contributed by atoms with Crippen LogP contribution in [0.4, 0.5) is 21.0 Å². The number of hydrogen-bond donors (Lipinski definition) is 2. The summed E-state index contributed by atoms with van der Waals surface area (Å²) < 4.78 is 10.2. The summed E-state index contributed by atoms with van der Waals surface area (Å²) in [6, 6.07) is 127. The largest absolute Gasteiger partial charge is 0.417 e. The predicted octanol–water partition coefficient (Wildman–Crippen LogP) is 28.3. The Morgan fingerprint density at radius 1 is 0.221 bits per heavy atom. The normalized spacial score (nSPS) is 9.90. The van der Waals surface area contributed by atoms with Crippen LogP contribution in [0.2, 0.25) is 0 Å². The highest BCUT2D eigenvalue weighted by molar-refractivity contribution is 7.99. The number of pyridine rings is 1. The van der Waals surface area contributed by atoms with Crippen LogP contribution in [0.1, 0.15) is 219 Å². The van der Waals surface area contributed by atoms with E-state index in [0.717, 1.165) is 67.8 Å². The summed E-state index contributed by atoms with van der Waals surface area (Å²) >= 11 is 1.70. The van der Waals surface area contributed by atoms with Crippen LogP contribution in [0.25, 0.3) is 11.1 Å². The van der Waals surface area contributed by atoms with Gasteiger partial charge in [-0.1, -0.05) is 315 Å². The molecule has 15 aromatic carbocycles. The third-order valence-corrected chi connectivity index (χ3v) is 22.1. The lowest BCUT2D eigenvalue weighted by Gasteiger charge is -2.07. The highest BCUT2D eigenvalue weighted by Crippen LogP contribution is 2.28. The Morgan fingerprint density at radius 3 is 0.917 bits per heavy atom. The van der Waals surface area contributed by atoms with Gasteiger partial charge in [0.25, 0.3) is 0 Å². The Balaban J connectivity index is 0.000000200. The molecule has 20 heteroatoms. The van der Waals surface area contributed by atoms with Gasteiger partial charge in [-0.05, 0) is 248 Å². The molecular formula is C125H115N3O16S. The molecule has 19 nitrogen and oxygen atoms in total. The van der Waals surface area contributed by atoms with E-state index in [4.69, 9.17) is 9.47 Å². The molecule has 0 atom stereocenters. The number of Topliss-reactive ketones (excluding diaryl/α,β-unsaturated/α-hetero) is 12. The number of nitrogens with zero attached hydrogens (tertiary/aromatic N) is 1. The summed E-state index contributed by atoms with van der Waals surface area (Å²) in [7, 11) is 0. The highest BCUT2D eigenvalue weighted by Gasteiger charge is 2.14. The molecule has 0 bridgehead atoms. The Kier molecular flexibility index (Phi) is 47.4.